The lowest BCUT2D eigenvalue weighted by Gasteiger charge is -2.21. The van der Waals surface area contributed by atoms with Gasteiger partial charge < -0.3 is 14.6 Å². The minimum absolute atomic E-state index is 0.0748. The van der Waals surface area contributed by atoms with Crippen LogP contribution < -0.4 is 10.2 Å². The van der Waals surface area contributed by atoms with Gasteiger partial charge >= 0.3 is 0 Å². The number of nitrogens with one attached hydrogen (secondary N) is 1. The van der Waals surface area contributed by atoms with Gasteiger partial charge in [-0.2, -0.15) is 0 Å². The molecule has 26 heavy (non-hydrogen) atoms. The molecule has 0 fully saturated rings. The van der Waals surface area contributed by atoms with Crippen molar-refractivity contribution in [1.29, 1.82) is 0 Å². The molecule has 0 aliphatic carbocycles. The number of nitrogens with zero attached hydrogens (tertiary/aromatic N) is 2. The van der Waals surface area contributed by atoms with Gasteiger partial charge in [-0.25, -0.2) is 4.98 Å². The molecule has 1 aromatic carbocycles. The number of hydrogen-bond acceptors (Lipinski definition) is 5. The summed E-state index contributed by atoms with van der Waals surface area (Å²) in [5, 5.41) is 3.47. The van der Waals surface area contributed by atoms with Crippen molar-refractivity contribution in [2.24, 2.45) is 0 Å². The Morgan fingerprint density at radius 2 is 2.15 bits per heavy atom. The minimum atomic E-state index is -0.324. The topological polar surface area (TPSA) is 75.4 Å². The molecule has 2 amide bonds. The van der Waals surface area contributed by atoms with Crippen molar-refractivity contribution in [3.8, 4) is 0 Å². The van der Waals surface area contributed by atoms with E-state index in [1.807, 2.05) is 19.1 Å². The van der Waals surface area contributed by atoms with Crippen LogP contribution in [-0.4, -0.2) is 23.3 Å². The van der Waals surface area contributed by atoms with Gasteiger partial charge in [0.05, 0.1) is 17.5 Å². The highest BCUT2D eigenvalue weighted by molar-refractivity contribution is 7.99. The number of furan rings is 1. The summed E-state index contributed by atoms with van der Waals surface area (Å²) in [7, 11) is 0. The monoisotopic (exact) mass is 365 g/mol. The van der Waals surface area contributed by atoms with Gasteiger partial charge in [-0.05, 0) is 49.4 Å². The molecule has 7 heteroatoms. The maximum atomic E-state index is 12.8. The molecule has 2 aromatic heterocycles. The zero-order valence-electron chi connectivity index (χ0n) is 13.9. The highest BCUT2D eigenvalue weighted by atomic mass is 32.2. The molecule has 6 nitrogen and oxygen atoms in total. The lowest BCUT2D eigenvalue weighted by molar-refractivity contribution is 0.0980. The quantitative estimate of drug-likeness (QED) is 0.758. The fraction of sp³-hybridized carbons (Fsp3) is 0.105. The van der Waals surface area contributed by atoms with Gasteiger partial charge in [0.25, 0.3) is 11.8 Å². The Morgan fingerprint density at radius 3 is 2.92 bits per heavy atom. The summed E-state index contributed by atoms with van der Waals surface area (Å²) in [5.41, 5.74) is 2.01. The second-order valence-electron chi connectivity index (χ2n) is 5.62. The summed E-state index contributed by atoms with van der Waals surface area (Å²) >= 11 is 1.42. The molecule has 1 aliphatic rings. The molecule has 0 spiro atoms. The number of fused-ring (bicyclic) bond motifs is 2. The Labute approximate surface area is 154 Å². The largest absolute Gasteiger partial charge is 0.459 e. The zero-order chi connectivity index (χ0) is 18.1. The minimum Gasteiger partial charge on any atom is -0.459 e. The van der Waals surface area contributed by atoms with E-state index in [1.165, 1.54) is 18.0 Å². The fourth-order valence-electron chi connectivity index (χ4n) is 2.80. The third-order valence-electron chi connectivity index (χ3n) is 4.02. The summed E-state index contributed by atoms with van der Waals surface area (Å²) < 4.78 is 5.12. The molecule has 1 N–H and O–H groups in total. The van der Waals surface area contributed by atoms with Crippen molar-refractivity contribution in [2.45, 2.75) is 16.8 Å². The number of aromatic nitrogens is 1. The van der Waals surface area contributed by atoms with E-state index >= 15 is 0 Å². The maximum Gasteiger partial charge on any atom is 0.291 e. The molecule has 1 aliphatic heterocycles. The number of carbonyl (C=O) groups excluding carboxylic acids is 2. The molecule has 0 atom stereocenters. The molecule has 0 saturated carbocycles. The average Bonchev–Trinajstić information content (AvgIpc) is 3.15. The Morgan fingerprint density at radius 1 is 1.27 bits per heavy atom. The van der Waals surface area contributed by atoms with Gasteiger partial charge in [0.2, 0.25) is 0 Å². The van der Waals surface area contributed by atoms with Crippen LogP contribution in [0.5, 0.6) is 0 Å². The van der Waals surface area contributed by atoms with Crippen LogP contribution in [0.4, 0.5) is 11.4 Å². The average molecular weight is 365 g/mol. The second-order valence-corrected chi connectivity index (χ2v) is 6.65. The Hall–Kier alpha value is -3.06. The second kappa shape index (κ2) is 6.68. The SMILES string of the molecule is CCN1C(=O)c2cccnc2Sc2cc(NC(=O)c3ccco3)ccc21. The summed E-state index contributed by atoms with van der Waals surface area (Å²) in [6.45, 7) is 2.47. The van der Waals surface area contributed by atoms with Crippen LogP contribution in [0.2, 0.25) is 0 Å². The van der Waals surface area contributed by atoms with Crippen LogP contribution >= 0.6 is 11.8 Å². The number of benzene rings is 1. The Balaban J connectivity index is 1.72. The zero-order valence-corrected chi connectivity index (χ0v) is 14.7. The molecule has 130 valence electrons. The summed E-state index contributed by atoms with van der Waals surface area (Å²) in [6, 6.07) is 12.3. The van der Waals surface area contributed by atoms with Crippen molar-refractivity contribution in [3.05, 3.63) is 66.2 Å². The highest BCUT2D eigenvalue weighted by Gasteiger charge is 2.27. The number of rotatable bonds is 3. The predicted octanol–water partition coefficient (Wildman–Crippen LogP) is 4.06. The number of carbonyl (C=O) groups is 2. The lowest BCUT2D eigenvalue weighted by Crippen LogP contribution is -2.30. The normalized spacial score (nSPS) is 13.0. The number of hydrogen-bond donors (Lipinski definition) is 1. The molecule has 3 heterocycles. The number of pyridine rings is 1. The van der Waals surface area contributed by atoms with Crippen molar-refractivity contribution in [2.75, 3.05) is 16.8 Å². The van der Waals surface area contributed by atoms with Crippen LogP contribution in [-0.2, 0) is 0 Å². The third kappa shape index (κ3) is 2.86. The van der Waals surface area contributed by atoms with Crippen LogP contribution in [0, 0.1) is 0 Å². The van der Waals surface area contributed by atoms with Crippen LogP contribution in [0.3, 0.4) is 0 Å². The highest BCUT2D eigenvalue weighted by Crippen LogP contribution is 2.41. The molecule has 0 saturated heterocycles. The van der Waals surface area contributed by atoms with Gasteiger partial charge in [0.1, 0.15) is 5.03 Å². The van der Waals surface area contributed by atoms with Gasteiger partial charge in [-0.3, -0.25) is 9.59 Å². The van der Waals surface area contributed by atoms with Gasteiger partial charge in [0, 0.05) is 23.3 Å². The first kappa shape index (κ1) is 16.4. The van der Waals surface area contributed by atoms with E-state index in [1.54, 1.807) is 41.4 Å². The molecule has 4 rings (SSSR count). The van der Waals surface area contributed by atoms with E-state index in [2.05, 4.69) is 10.3 Å². The maximum absolute atomic E-state index is 12.8. The van der Waals surface area contributed by atoms with Gasteiger partial charge in [0.15, 0.2) is 5.76 Å². The molecule has 3 aromatic rings. The van der Waals surface area contributed by atoms with E-state index in [0.29, 0.717) is 22.8 Å². The van der Waals surface area contributed by atoms with Gasteiger partial charge in [-0.1, -0.05) is 11.8 Å². The number of anilines is 2. The van der Waals surface area contributed by atoms with E-state index in [0.717, 1.165) is 10.6 Å². The van der Waals surface area contributed by atoms with Crippen molar-refractivity contribution >= 4 is 35.0 Å². The van der Waals surface area contributed by atoms with Crippen molar-refractivity contribution < 1.29 is 14.0 Å². The van der Waals surface area contributed by atoms with E-state index in [-0.39, 0.29) is 17.6 Å². The van der Waals surface area contributed by atoms with Crippen molar-refractivity contribution in [3.63, 3.8) is 0 Å². The lowest BCUT2D eigenvalue weighted by atomic mass is 10.2. The molecule has 0 unspecified atom stereocenters. The summed E-state index contributed by atoms with van der Waals surface area (Å²) in [4.78, 5) is 31.9. The Bertz CT molecular complexity index is 985. The first-order valence-electron chi connectivity index (χ1n) is 8.11. The van der Waals surface area contributed by atoms with Crippen LogP contribution in [0.15, 0.2) is 69.3 Å². The molecular weight excluding hydrogens is 350 g/mol. The summed E-state index contributed by atoms with van der Waals surface area (Å²) in [6.07, 6.45) is 3.12. The molecular formula is C19H15N3O3S. The Kier molecular flexibility index (Phi) is 4.22. The summed E-state index contributed by atoms with van der Waals surface area (Å²) in [5.74, 6) is -0.158. The van der Waals surface area contributed by atoms with Crippen LogP contribution in [0.25, 0.3) is 0 Å². The predicted molar refractivity (Wildman–Crippen MR) is 98.8 cm³/mol. The third-order valence-corrected chi connectivity index (χ3v) is 5.09. The first-order valence-corrected chi connectivity index (χ1v) is 8.92. The van der Waals surface area contributed by atoms with Gasteiger partial charge in [-0.15, -0.1) is 0 Å². The number of amides is 2. The van der Waals surface area contributed by atoms with E-state index in [4.69, 9.17) is 4.42 Å². The van der Waals surface area contributed by atoms with Crippen LogP contribution in [0.1, 0.15) is 27.8 Å². The first-order chi connectivity index (χ1) is 12.7. The smallest absolute Gasteiger partial charge is 0.291 e. The van der Waals surface area contributed by atoms with Crippen molar-refractivity contribution in [1.82, 2.24) is 4.98 Å². The molecule has 0 radical (unpaired) electrons. The van der Waals surface area contributed by atoms with E-state index < -0.39 is 0 Å². The van der Waals surface area contributed by atoms with E-state index in [9.17, 15) is 9.59 Å². The molecule has 0 bridgehead atoms. The standard InChI is InChI=1S/C19H15N3O3S/c1-2-22-14-8-7-12(21-17(23)15-6-4-10-25-15)11-16(14)26-18-13(19(22)24)5-3-9-20-18/h3-11H,2H2,1H3,(H,21,23). The fourth-order valence-corrected chi connectivity index (χ4v) is 3.86.